The zero-order valence-electron chi connectivity index (χ0n) is 13.2. The maximum absolute atomic E-state index is 10.5. The molecule has 0 aliphatic carbocycles. The molecule has 0 aromatic heterocycles. The molecule has 0 fully saturated rings. The van der Waals surface area contributed by atoms with Crippen LogP contribution in [0.5, 0.6) is 17.2 Å². The highest BCUT2D eigenvalue weighted by atomic mass is 35.5. The van der Waals surface area contributed by atoms with Crippen LogP contribution in [-0.4, -0.2) is 37.1 Å². The van der Waals surface area contributed by atoms with Crippen LogP contribution in [-0.2, 0) is 0 Å². The van der Waals surface area contributed by atoms with Gasteiger partial charge in [0.25, 0.3) is 0 Å². The summed E-state index contributed by atoms with van der Waals surface area (Å²) < 4.78 is 16.0. The highest BCUT2D eigenvalue weighted by Crippen LogP contribution is 2.33. The minimum atomic E-state index is -1.10. The van der Waals surface area contributed by atoms with Crippen molar-refractivity contribution in [3.63, 3.8) is 0 Å². The Labute approximate surface area is 150 Å². The van der Waals surface area contributed by atoms with Crippen LogP contribution < -0.4 is 14.2 Å². The van der Waals surface area contributed by atoms with Crippen molar-refractivity contribution in [3.05, 3.63) is 52.0 Å². The number of benzene rings is 2. The summed E-state index contributed by atoms with van der Waals surface area (Å²) in [4.78, 5) is 0. The fourth-order valence-corrected chi connectivity index (χ4v) is 2.64. The van der Waals surface area contributed by atoms with E-state index in [0.717, 1.165) is 0 Å². The molecule has 2 aromatic rings. The predicted octanol–water partition coefficient (Wildman–Crippen LogP) is 3.48. The number of rotatable bonds is 7. The molecule has 0 saturated carbocycles. The fraction of sp³-hybridized carbons (Fsp3) is 0.294. The molecule has 7 heteroatoms. The average molecular weight is 373 g/mol. The summed E-state index contributed by atoms with van der Waals surface area (Å²) in [7, 11) is 3.03. The highest BCUT2D eigenvalue weighted by molar-refractivity contribution is 6.35. The molecule has 0 amide bonds. The van der Waals surface area contributed by atoms with Gasteiger partial charge in [-0.3, -0.25) is 0 Å². The number of aliphatic hydroxyl groups is 2. The summed E-state index contributed by atoms with van der Waals surface area (Å²) in [5, 5.41) is 20.9. The molecule has 0 bridgehead atoms. The van der Waals surface area contributed by atoms with Crippen molar-refractivity contribution in [2.24, 2.45) is 0 Å². The smallest absolute Gasteiger partial charge is 0.161 e. The molecule has 0 radical (unpaired) electrons. The number of hydrogen-bond donors (Lipinski definition) is 2. The van der Waals surface area contributed by atoms with E-state index in [0.29, 0.717) is 32.9 Å². The first-order chi connectivity index (χ1) is 11.5. The Hall–Kier alpha value is -1.66. The lowest BCUT2D eigenvalue weighted by Crippen LogP contribution is -2.29. The maximum Gasteiger partial charge on any atom is 0.161 e. The van der Waals surface area contributed by atoms with Crippen molar-refractivity contribution in [1.29, 1.82) is 0 Å². The number of aliphatic hydroxyl groups excluding tert-OH is 2. The van der Waals surface area contributed by atoms with E-state index in [2.05, 4.69) is 0 Å². The van der Waals surface area contributed by atoms with Crippen LogP contribution in [0.25, 0.3) is 0 Å². The van der Waals surface area contributed by atoms with Gasteiger partial charge in [-0.25, -0.2) is 0 Å². The van der Waals surface area contributed by atoms with Crippen molar-refractivity contribution in [3.8, 4) is 17.2 Å². The minimum Gasteiger partial charge on any atom is -0.493 e. The summed E-state index contributed by atoms with van der Waals surface area (Å²) in [6, 6.07) is 9.67. The van der Waals surface area contributed by atoms with Crippen LogP contribution in [0.15, 0.2) is 36.4 Å². The van der Waals surface area contributed by atoms with Crippen LogP contribution in [0.3, 0.4) is 0 Å². The molecule has 2 rings (SSSR count). The van der Waals surface area contributed by atoms with Gasteiger partial charge in [0, 0.05) is 5.02 Å². The minimum absolute atomic E-state index is 0.292. The molecule has 0 aliphatic rings. The first-order valence-corrected chi connectivity index (χ1v) is 7.88. The summed E-state index contributed by atoms with van der Waals surface area (Å²) in [6.45, 7) is -0.408. The second kappa shape index (κ2) is 8.44. The Bertz CT molecular complexity index is 693. The molecule has 130 valence electrons. The molecule has 2 atom stereocenters. The lowest BCUT2D eigenvalue weighted by atomic mass is 10.0. The van der Waals surface area contributed by atoms with Gasteiger partial charge in [0.2, 0.25) is 0 Å². The molecular weight excluding hydrogens is 355 g/mol. The van der Waals surface area contributed by atoms with Crippen molar-refractivity contribution >= 4 is 23.2 Å². The molecule has 5 nitrogen and oxygen atoms in total. The lowest BCUT2D eigenvalue weighted by molar-refractivity contribution is 0.000723. The monoisotopic (exact) mass is 372 g/mol. The number of methoxy groups -OCH3 is 2. The second-order valence-corrected chi connectivity index (χ2v) is 5.82. The highest BCUT2D eigenvalue weighted by Gasteiger charge is 2.24. The zero-order chi connectivity index (χ0) is 17.7. The standard InChI is InChI=1S/C17H18Cl2O5/c1-22-14-5-3-10(7-15(14)23-2)17(21)16(9-20)24-13-6-4-11(18)8-12(13)19/h3-8,16-17,20-21H,9H2,1-2H3/t16-,17-/m1/s1. The van der Waals surface area contributed by atoms with Crippen molar-refractivity contribution in [2.45, 2.75) is 12.2 Å². The van der Waals surface area contributed by atoms with Gasteiger partial charge in [-0.2, -0.15) is 0 Å². The number of halogens is 2. The number of hydrogen-bond acceptors (Lipinski definition) is 5. The second-order valence-electron chi connectivity index (χ2n) is 4.97. The van der Waals surface area contributed by atoms with E-state index in [1.165, 1.54) is 20.3 Å². The first-order valence-electron chi connectivity index (χ1n) is 7.12. The van der Waals surface area contributed by atoms with Gasteiger partial charge in [-0.1, -0.05) is 29.3 Å². The van der Waals surface area contributed by atoms with Crippen LogP contribution in [0.4, 0.5) is 0 Å². The van der Waals surface area contributed by atoms with Gasteiger partial charge in [-0.15, -0.1) is 0 Å². The third-order valence-corrected chi connectivity index (χ3v) is 3.98. The topological polar surface area (TPSA) is 68.2 Å². The Balaban J connectivity index is 2.23. The third kappa shape index (κ3) is 4.24. The van der Waals surface area contributed by atoms with Gasteiger partial charge in [-0.05, 0) is 35.9 Å². The number of ether oxygens (including phenoxy) is 3. The van der Waals surface area contributed by atoms with E-state index in [1.54, 1.807) is 30.3 Å². The quantitative estimate of drug-likeness (QED) is 0.778. The summed E-state index contributed by atoms with van der Waals surface area (Å²) in [5.74, 6) is 1.32. The van der Waals surface area contributed by atoms with E-state index in [-0.39, 0.29) is 0 Å². The molecule has 0 saturated heterocycles. The van der Waals surface area contributed by atoms with Gasteiger partial charge in [0.1, 0.15) is 11.9 Å². The zero-order valence-corrected chi connectivity index (χ0v) is 14.7. The Morgan fingerprint density at radius 1 is 0.958 bits per heavy atom. The Kier molecular flexibility index (Phi) is 6.57. The van der Waals surface area contributed by atoms with Gasteiger partial charge in [0.05, 0.1) is 25.8 Å². The SMILES string of the molecule is COc1ccc([C@@H](O)[C@@H](CO)Oc2ccc(Cl)cc2Cl)cc1OC. The molecule has 2 N–H and O–H groups in total. The first kappa shape index (κ1) is 18.7. The van der Waals surface area contributed by atoms with Crippen LogP contribution >= 0.6 is 23.2 Å². The molecule has 24 heavy (non-hydrogen) atoms. The van der Waals surface area contributed by atoms with E-state index in [1.807, 2.05) is 0 Å². The van der Waals surface area contributed by atoms with Crippen molar-refractivity contribution in [1.82, 2.24) is 0 Å². The average Bonchev–Trinajstić information content (AvgIpc) is 2.60. The largest absolute Gasteiger partial charge is 0.493 e. The normalized spacial score (nSPS) is 13.2. The van der Waals surface area contributed by atoms with E-state index in [4.69, 9.17) is 37.4 Å². The molecule has 0 heterocycles. The summed E-state index contributed by atoms with van der Waals surface area (Å²) >= 11 is 11.9. The molecule has 2 aromatic carbocycles. The molecule has 0 aliphatic heterocycles. The third-order valence-electron chi connectivity index (χ3n) is 3.45. The van der Waals surface area contributed by atoms with Gasteiger partial charge < -0.3 is 24.4 Å². The summed E-state index contributed by atoms with van der Waals surface area (Å²) in [6.07, 6.45) is -2.01. The van der Waals surface area contributed by atoms with Crippen LogP contribution in [0.1, 0.15) is 11.7 Å². The molecule has 0 unspecified atom stereocenters. The Morgan fingerprint density at radius 3 is 2.21 bits per heavy atom. The fourth-order valence-electron chi connectivity index (χ4n) is 2.19. The van der Waals surface area contributed by atoms with Gasteiger partial charge >= 0.3 is 0 Å². The van der Waals surface area contributed by atoms with Gasteiger partial charge in [0.15, 0.2) is 17.6 Å². The predicted molar refractivity (Wildman–Crippen MR) is 92.5 cm³/mol. The molecule has 0 spiro atoms. The van der Waals surface area contributed by atoms with E-state index < -0.39 is 18.8 Å². The van der Waals surface area contributed by atoms with Crippen molar-refractivity contribution < 1.29 is 24.4 Å². The van der Waals surface area contributed by atoms with Crippen LogP contribution in [0, 0.1) is 0 Å². The lowest BCUT2D eigenvalue weighted by Gasteiger charge is -2.24. The van der Waals surface area contributed by atoms with Crippen molar-refractivity contribution in [2.75, 3.05) is 20.8 Å². The van der Waals surface area contributed by atoms with E-state index in [9.17, 15) is 10.2 Å². The summed E-state index contributed by atoms with van der Waals surface area (Å²) in [5.41, 5.74) is 0.511. The maximum atomic E-state index is 10.5. The Morgan fingerprint density at radius 2 is 1.62 bits per heavy atom. The van der Waals surface area contributed by atoms with E-state index >= 15 is 0 Å². The molecular formula is C17H18Cl2O5. The van der Waals surface area contributed by atoms with Crippen LogP contribution in [0.2, 0.25) is 10.0 Å².